The van der Waals surface area contributed by atoms with Crippen LogP contribution in [0.2, 0.25) is 0 Å². The van der Waals surface area contributed by atoms with Crippen LogP contribution in [0.4, 0.5) is 4.53 Å². The van der Waals surface area contributed by atoms with Crippen molar-refractivity contribution in [3.63, 3.8) is 0 Å². The first kappa shape index (κ1) is 10.5. The Kier molecular flexibility index (Phi) is 4.52. The van der Waals surface area contributed by atoms with Crippen molar-refractivity contribution in [2.75, 3.05) is 0 Å². The Morgan fingerprint density at radius 2 is 1.58 bits per heavy atom. The first-order valence-corrected chi connectivity index (χ1v) is 3.57. The fourth-order valence-electron chi connectivity index (χ4n) is 0.173. The lowest BCUT2D eigenvalue weighted by atomic mass is 11.7. The summed E-state index contributed by atoms with van der Waals surface area (Å²) in [6, 6.07) is 0. The largest absolute Gasteiger partial charge is 0.663 e. The van der Waals surface area contributed by atoms with Gasteiger partial charge in [0.1, 0.15) is 0 Å². The second-order valence-electron chi connectivity index (χ2n) is 1.04. The van der Waals surface area contributed by atoms with E-state index in [1.54, 1.807) is 0 Å². The molecule has 0 rings (SSSR count). The van der Waals surface area contributed by atoms with Crippen molar-refractivity contribution >= 4 is 20.0 Å². The van der Waals surface area contributed by atoms with Gasteiger partial charge in [0.25, 0.3) is 12.2 Å². The lowest BCUT2D eigenvalue weighted by Crippen LogP contribution is -1.86. The van der Waals surface area contributed by atoms with E-state index in [1.807, 2.05) is 0 Å². The molecule has 0 spiro atoms. The summed E-state index contributed by atoms with van der Waals surface area (Å²) in [6.07, 6.45) is 1.50. The molecule has 0 aliphatic carbocycles. The van der Waals surface area contributed by atoms with Crippen molar-refractivity contribution < 1.29 is 32.7 Å². The molecule has 10 heteroatoms. The molecule has 0 N–H and O–H groups in total. The van der Waals surface area contributed by atoms with E-state index in [9.17, 15) is 18.7 Å². The maximum atomic E-state index is 11.3. The lowest BCUT2D eigenvalue weighted by molar-refractivity contribution is -0.0564. The molecule has 0 aromatic carbocycles. The first-order valence-electron chi connectivity index (χ1n) is 2.11. The van der Waals surface area contributed by atoms with E-state index in [2.05, 4.69) is 24.3 Å². The quantitative estimate of drug-likeness (QED) is 0.276. The molecule has 0 aromatic rings. The molecule has 0 atom stereocenters. The van der Waals surface area contributed by atoms with Crippen LogP contribution in [0.3, 0.4) is 0 Å². The Morgan fingerprint density at radius 3 is 1.83 bits per heavy atom. The van der Waals surface area contributed by atoms with E-state index in [0.29, 0.717) is 0 Å². The van der Waals surface area contributed by atoms with Gasteiger partial charge in [-0.05, 0) is 4.53 Å². The fraction of sp³-hybridized carbons (Fsp3) is 0. The third-order valence-electron chi connectivity index (χ3n) is 0.441. The summed E-state index contributed by atoms with van der Waals surface area (Å²) in [5.41, 5.74) is 0. The molecule has 8 nitrogen and oxygen atoms in total. The van der Waals surface area contributed by atoms with E-state index in [0.717, 1.165) is 12.2 Å². The number of rotatable bonds is 5. The predicted octanol–water partition coefficient (Wildman–Crippen LogP) is 0.530. The number of halogens is 1. The molecular formula is C2FN2O6P. The Balaban J connectivity index is 4.33. The smallest absolute Gasteiger partial charge is 0.268 e. The summed E-state index contributed by atoms with van der Waals surface area (Å²) in [7, 11) is -4.76. The molecule has 66 valence electrons. The highest BCUT2D eigenvalue weighted by Gasteiger charge is 2.33. The van der Waals surface area contributed by atoms with Crippen molar-refractivity contribution in [1.29, 1.82) is 0 Å². The molecule has 0 heterocycles. The Bertz CT molecular complexity index is 255. The van der Waals surface area contributed by atoms with Crippen LogP contribution in [-0.4, -0.2) is 12.2 Å². The highest BCUT2D eigenvalue weighted by atomic mass is 31.2. The number of hydrogen-bond donors (Lipinski definition) is 0. The topological polar surface area (TPSA) is 104 Å². The van der Waals surface area contributed by atoms with Crippen LogP contribution >= 0.6 is 7.82 Å². The highest BCUT2D eigenvalue weighted by Crippen LogP contribution is 2.50. The summed E-state index contributed by atoms with van der Waals surface area (Å²) < 4.78 is 31.4. The summed E-state index contributed by atoms with van der Waals surface area (Å²) in [5.74, 6) is 0. The molecule has 0 amide bonds. The Hall–Kier alpha value is -1.52. The maximum absolute atomic E-state index is 11.3. The summed E-state index contributed by atoms with van der Waals surface area (Å²) in [6.45, 7) is 0. The zero-order valence-electron chi connectivity index (χ0n) is 5.17. The van der Waals surface area contributed by atoms with Gasteiger partial charge in [-0.25, -0.2) is 14.2 Å². The molecule has 0 saturated carbocycles. The van der Waals surface area contributed by atoms with E-state index >= 15 is 0 Å². The van der Waals surface area contributed by atoms with Gasteiger partial charge < -0.3 is 0 Å². The van der Waals surface area contributed by atoms with Gasteiger partial charge >= 0.3 is 7.82 Å². The average molecular weight is 198 g/mol. The zero-order chi connectivity index (χ0) is 9.45. The van der Waals surface area contributed by atoms with Crippen molar-refractivity contribution in [3.05, 3.63) is 0 Å². The van der Waals surface area contributed by atoms with Gasteiger partial charge in [-0.3, -0.25) is 9.25 Å². The van der Waals surface area contributed by atoms with Crippen molar-refractivity contribution in [3.8, 4) is 0 Å². The van der Waals surface area contributed by atoms with E-state index in [4.69, 9.17) is 0 Å². The van der Waals surface area contributed by atoms with E-state index in [1.165, 1.54) is 0 Å². The first-order chi connectivity index (χ1) is 5.68. The SMILES string of the molecule is O=C=NOP(=O)(OF)ON=C=O. The third kappa shape index (κ3) is 3.60. The summed E-state index contributed by atoms with van der Waals surface area (Å²) >= 11 is 0. The minimum Gasteiger partial charge on any atom is -0.268 e. The van der Waals surface area contributed by atoms with Gasteiger partial charge in [0.15, 0.2) is 0 Å². The maximum Gasteiger partial charge on any atom is 0.663 e. The predicted molar refractivity (Wildman–Crippen MR) is 28.2 cm³/mol. The Labute approximate surface area is 64.1 Å². The minimum absolute atomic E-state index is 0.748. The highest BCUT2D eigenvalue weighted by molar-refractivity contribution is 7.48. The summed E-state index contributed by atoms with van der Waals surface area (Å²) in [5, 5.41) is 4.44. The van der Waals surface area contributed by atoms with Gasteiger partial charge in [-0.1, -0.05) is 4.73 Å². The van der Waals surface area contributed by atoms with Crippen LogP contribution < -0.4 is 0 Å². The van der Waals surface area contributed by atoms with Gasteiger partial charge in [0.05, 0.1) is 0 Å². The number of isocyanates is 2. The zero-order valence-corrected chi connectivity index (χ0v) is 6.06. The second-order valence-corrected chi connectivity index (χ2v) is 2.40. The van der Waals surface area contributed by atoms with Crippen LogP contribution in [0.5, 0.6) is 0 Å². The normalized spacial score (nSPS) is 13.1. The fourth-order valence-corrected chi connectivity index (χ4v) is 0.520. The lowest BCUT2D eigenvalue weighted by Gasteiger charge is -2.01. The van der Waals surface area contributed by atoms with Crippen molar-refractivity contribution in [1.82, 2.24) is 0 Å². The molecule has 0 unspecified atom stereocenters. The van der Waals surface area contributed by atoms with Gasteiger partial charge in [-0.2, -0.15) is 0 Å². The van der Waals surface area contributed by atoms with Crippen LogP contribution in [0.15, 0.2) is 10.3 Å². The third-order valence-corrected chi connectivity index (χ3v) is 1.17. The van der Waals surface area contributed by atoms with Crippen molar-refractivity contribution in [2.45, 2.75) is 0 Å². The molecular weight excluding hydrogens is 198 g/mol. The molecule has 12 heavy (non-hydrogen) atoms. The molecule has 0 fully saturated rings. The van der Waals surface area contributed by atoms with Crippen LogP contribution in [0, 0.1) is 0 Å². The summed E-state index contributed by atoms with van der Waals surface area (Å²) in [4.78, 5) is 18.7. The molecule has 0 radical (unpaired) electrons. The molecule has 0 bridgehead atoms. The van der Waals surface area contributed by atoms with Gasteiger partial charge in [-0.15, -0.1) is 0 Å². The number of carbonyl (C=O) groups excluding carboxylic acids is 2. The van der Waals surface area contributed by atoms with Crippen LogP contribution in [0.1, 0.15) is 0 Å². The number of nitrogens with zero attached hydrogens (tertiary/aromatic N) is 2. The van der Waals surface area contributed by atoms with E-state index < -0.39 is 7.82 Å². The monoisotopic (exact) mass is 198 g/mol. The van der Waals surface area contributed by atoms with Gasteiger partial charge in [0.2, 0.25) is 0 Å². The van der Waals surface area contributed by atoms with E-state index in [-0.39, 0.29) is 0 Å². The van der Waals surface area contributed by atoms with Gasteiger partial charge in [0, 0.05) is 10.3 Å². The van der Waals surface area contributed by atoms with Crippen LogP contribution in [-0.2, 0) is 28.1 Å². The van der Waals surface area contributed by atoms with Crippen molar-refractivity contribution in [2.24, 2.45) is 10.3 Å². The minimum atomic E-state index is -4.76. The molecule has 0 saturated heterocycles. The second kappa shape index (κ2) is 5.17. The molecule has 0 aliphatic rings. The number of phosphoric acid groups is 1. The molecule has 0 aliphatic heterocycles. The molecule has 0 aromatic heterocycles. The number of hydrogen-bond acceptors (Lipinski definition) is 8. The average Bonchev–Trinajstić information content (AvgIpc) is 2.11. The standard InChI is InChI=1S/C2FN2O6P/c3-9-12(8,10-4-1-6)11-5-2-7. The van der Waals surface area contributed by atoms with Crippen LogP contribution in [0.25, 0.3) is 0 Å². The Morgan fingerprint density at radius 1 is 1.17 bits per heavy atom.